The molecule has 0 rings (SSSR count). The number of rotatable bonds is 0. The van der Waals surface area contributed by atoms with Crippen molar-refractivity contribution in [2.45, 2.75) is 20.8 Å². The highest BCUT2D eigenvalue weighted by Gasteiger charge is 2.31. The van der Waals surface area contributed by atoms with Crippen LogP contribution in [0.5, 0.6) is 0 Å². The molecule has 0 amide bonds. The number of carbonyl (C=O) groups is 1. The predicted octanol–water partition coefficient (Wildman–Crippen LogP) is 1.13. The highest BCUT2D eigenvalue weighted by atomic mass is 35.7. The molecule has 0 saturated carbocycles. The van der Waals surface area contributed by atoms with E-state index in [9.17, 15) is 13.2 Å². The van der Waals surface area contributed by atoms with Crippen LogP contribution >= 0.6 is 10.7 Å². The normalized spacial score (nSPS) is 13.2. The van der Waals surface area contributed by atoms with Crippen molar-refractivity contribution < 1.29 is 13.2 Å². The molecular weight excluding hydrogens is 176 g/mol. The van der Waals surface area contributed by atoms with Gasteiger partial charge in [0.25, 0.3) is 14.2 Å². The zero-order valence-corrected chi connectivity index (χ0v) is 7.58. The first-order valence-electron chi connectivity index (χ1n) is 2.65. The van der Waals surface area contributed by atoms with Gasteiger partial charge in [-0.05, 0) is 0 Å². The topological polar surface area (TPSA) is 51.2 Å². The smallest absolute Gasteiger partial charge is 0.280 e. The Balaban J connectivity index is 4.75. The van der Waals surface area contributed by atoms with Gasteiger partial charge >= 0.3 is 0 Å². The van der Waals surface area contributed by atoms with E-state index in [0.29, 0.717) is 0 Å². The predicted molar refractivity (Wildman–Crippen MR) is 39.2 cm³/mol. The van der Waals surface area contributed by atoms with E-state index in [1.54, 1.807) is 0 Å². The van der Waals surface area contributed by atoms with E-state index in [-0.39, 0.29) is 0 Å². The Kier molecular flexibility index (Phi) is 2.49. The molecule has 0 bridgehead atoms. The summed E-state index contributed by atoms with van der Waals surface area (Å²) in [4.78, 5) is 10.8. The summed E-state index contributed by atoms with van der Waals surface area (Å²) >= 11 is 0. The molecule has 0 radical (unpaired) electrons. The van der Waals surface area contributed by atoms with Crippen LogP contribution in [0.15, 0.2) is 0 Å². The lowest BCUT2D eigenvalue weighted by Gasteiger charge is -2.12. The fraction of sp³-hybridized carbons (Fsp3) is 0.800. The van der Waals surface area contributed by atoms with Gasteiger partial charge in [0.1, 0.15) is 0 Å². The van der Waals surface area contributed by atoms with E-state index in [2.05, 4.69) is 0 Å². The van der Waals surface area contributed by atoms with Crippen LogP contribution in [0, 0.1) is 5.41 Å². The van der Waals surface area contributed by atoms with Crippen LogP contribution in [-0.2, 0) is 13.8 Å². The minimum Gasteiger partial charge on any atom is -0.280 e. The lowest BCUT2D eigenvalue weighted by Crippen LogP contribution is -2.25. The van der Waals surface area contributed by atoms with Gasteiger partial charge in [-0.3, -0.25) is 4.79 Å². The molecule has 0 fully saturated rings. The van der Waals surface area contributed by atoms with Crippen LogP contribution in [0.4, 0.5) is 0 Å². The van der Waals surface area contributed by atoms with Crippen molar-refractivity contribution >= 4 is 24.8 Å². The second-order valence-corrected chi connectivity index (χ2v) is 5.44. The van der Waals surface area contributed by atoms with Gasteiger partial charge < -0.3 is 0 Å². The van der Waals surface area contributed by atoms with Gasteiger partial charge in [-0.25, -0.2) is 8.42 Å². The lowest BCUT2D eigenvalue weighted by molar-refractivity contribution is -0.118. The third kappa shape index (κ3) is 2.66. The fourth-order valence-corrected chi connectivity index (χ4v) is 1.79. The third-order valence-electron chi connectivity index (χ3n) is 0.834. The van der Waals surface area contributed by atoms with Gasteiger partial charge in [0.2, 0.25) is 0 Å². The molecule has 0 aromatic heterocycles. The Morgan fingerprint density at radius 2 is 1.60 bits per heavy atom. The van der Waals surface area contributed by atoms with Gasteiger partial charge in [0.05, 0.1) is 0 Å². The van der Waals surface area contributed by atoms with Gasteiger partial charge in [0.15, 0.2) is 0 Å². The van der Waals surface area contributed by atoms with Crippen molar-refractivity contribution in [3.63, 3.8) is 0 Å². The molecule has 3 nitrogen and oxygen atoms in total. The van der Waals surface area contributed by atoms with E-state index < -0.39 is 19.6 Å². The molecule has 0 atom stereocenters. The molecule has 0 aromatic rings. The Morgan fingerprint density at radius 1 is 1.30 bits per heavy atom. The second kappa shape index (κ2) is 2.51. The van der Waals surface area contributed by atoms with E-state index >= 15 is 0 Å². The maximum Gasteiger partial charge on any atom is 0.295 e. The van der Waals surface area contributed by atoms with Crippen molar-refractivity contribution in [3.8, 4) is 0 Å². The van der Waals surface area contributed by atoms with Crippen LogP contribution in [0.3, 0.4) is 0 Å². The standard InChI is InChI=1S/C5H9ClO3S/c1-5(2,3)4(7)10(6,8)9/h1-3H3. The number of carbonyl (C=O) groups excluding carboxylic acids is 1. The van der Waals surface area contributed by atoms with E-state index in [1.807, 2.05) is 0 Å². The summed E-state index contributed by atoms with van der Waals surface area (Å²) in [7, 11) is 0.764. The molecule has 0 N–H and O–H groups in total. The summed E-state index contributed by atoms with van der Waals surface area (Å²) in [5.74, 6) is 0. The van der Waals surface area contributed by atoms with Crippen molar-refractivity contribution in [2.75, 3.05) is 0 Å². The minimum atomic E-state index is -4.03. The molecule has 0 aliphatic heterocycles. The molecular formula is C5H9ClO3S. The first-order chi connectivity index (χ1) is 4.15. The second-order valence-electron chi connectivity index (χ2n) is 2.98. The molecule has 0 aliphatic rings. The van der Waals surface area contributed by atoms with Crippen molar-refractivity contribution in [2.24, 2.45) is 5.41 Å². The highest BCUT2D eigenvalue weighted by molar-refractivity contribution is 8.25. The Hall–Kier alpha value is -0.0900. The van der Waals surface area contributed by atoms with Crippen molar-refractivity contribution in [1.29, 1.82) is 0 Å². The van der Waals surface area contributed by atoms with Crippen LogP contribution < -0.4 is 0 Å². The van der Waals surface area contributed by atoms with E-state index in [0.717, 1.165) is 0 Å². The Labute approximate surface area is 64.8 Å². The quantitative estimate of drug-likeness (QED) is 0.531. The third-order valence-corrected chi connectivity index (χ3v) is 2.31. The van der Waals surface area contributed by atoms with Gasteiger partial charge in [-0.2, -0.15) is 0 Å². The number of hydrogen-bond acceptors (Lipinski definition) is 3. The molecule has 0 spiro atoms. The largest absolute Gasteiger partial charge is 0.295 e. The van der Waals surface area contributed by atoms with E-state index in [4.69, 9.17) is 10.7 Å². The number of hydrogen-bond donors (Lipinski definition) is 0. The van der Waals surface area contributed by atoms with Crippen LogP contribution in [0.1, 0.15) is 20.8 Å². The minimum absolute atomic E-state index is 0.916. The first kappa shape index (κ1) is 9.91. The zero-order chi connectivity index (χ0) is 8.58. The summed E-state index contributed by atoms with van der Waals surface area (Å²) in [5.41, 5.74) is -0.916. The summed E-state index contributed by atoms with van der Waals surface area (Å²) in [6.07, 6.45) is 0. The molecule has 0 unspecified atom stereocenters. The first-order valence-corrected chi connectivity index (χ1v) is 4.96. The molecule has 5 heteroatoms. The van der Waals surface area contributed by atoms with E-state index in [1.165, 1.54) is 20.8 Å². The lowest BCUT2D eigenvalue weighted by atomic mass is 10.00. The fourth-order valence-electron chi connectivity index (χ4n) is 0.366. The van der Waals surface area contributed by atoms with Gasteiger partial charge in [-0.15, -0.1) is 0 Å². The van der Waals surface area contributed by atoms with Crippen molar-refractivity contribution in [3.05, 3.63) is 0 Å². The monoisotopic (exact) mass is 184 g/mol. The van der Waals surface area contributed by atoms with Crippen molar-refractivity contribution in [1.82, 2.24) is 0 Å². The molecule has 0 saturated heterocycles. The summed E-state index contributed by atoms with van der Waals surface area (Å²) in [6.45, 7) is 4.49. The highest BCUT2D eigenvalue weighted by Crippen LogP contribution is 2.20. The molecule has 0 aromatic carbocycles. The van der Waals surface area contributed by atoms with Crippen LogP contribution in [-0.4, -0.2) is 13.5 Å². The summed E-state index contributed by atoms with van der Waals surface area (Å²) < 4.78 is 20.8. The number of halogens is 1. The SMILES string of the molecule is CC(C)(C)C(=O)S(=O)(=O)Cl. The van der Waals surface area contributed by atoms with Gasteiger partial charge in [0, 0.05) is 16.1 Å². The van der Waals surface area contributed by atoms with Crippen LogP contribution in [0.2, 0.25) is 0 Å². The zero-order valence-electron chi connectivity index (χ0n) is 6.01. The van der Waals surface area contributed by atoms with Gasteiger partial charge in [-0.1, -0.05) is 20.8 Å². The maximum atomic E-state index is 10.8. The molecule has 0 aliphatic carbocycles. The summed E-state index contributed by atoms with van der Waals surface area (Å²) in [5, 5.41) is -0.943. The molecule has 10 heavy (non-hydrogen) atoms. The maximum absolute atomic E-state index is 10.8. The molecule has 0 heterocycles. The average molecular weight is 185 g/mol. The van der Waals surface area contributed by atoms with Crippen LogP contribution in [0.25, 0.3) is 0 Å². The average Bonchev–Trinajstić information content (AvgIpc) is 1.59. The Bertz CT molecular complexity index is 234. The Morgan fingerprint density at radius 3 is 1.60 bits per heavy atom. The summed E-state index contributed by atoms with van der Waals surface area (Å²) in [6, 6.07) is 0. The molecule has 60 valence electrons.